The molecule has 1 atom stereocenters. The molecule has 0 amide bonds. The molecule has 1 nitrogen and oxygen atoms in total. The molecule has 112 valence electrons. The van der Waals surface area contributed by atoms with E-state index in [0.717, 1.165) is 12.8 Å². The first kappa shape index (κ1) is 16.9. The van der Waals surface area contributed by atoms with Crippen LogP contribution in [0.1, 0.15) is 72.3 Å². The van der Waals surface area contributed by atoms with Crippen LogP contribution in [0.2, 0.25) is 0 Å². The molecule has 0 saturated carbocycles. The second kappa shape index (κ2) is 7.06. The molecule has 20 heavy (non-hydrogen) atoms. The summed E-state index contributed by atoms with van der Waals surface area (Å²) in [7, 11) is 0. The molecule has 1 aromatic rings. The summed E-state index contributed by atoms with van der Waals surface area (Å²) in [5.74, 6) is 0.374. The van der Waals surface area contributed by atoms with Crippen molar-refractivity contribution < 1.29 is 4.79 Å². The Morgan fingerprint density at radius 3 is 2.10 bits per heavy atom. The summed E-state index contributed by atoms with van der Waals surface area (Å²) in [6, 6.07) is 10.6. The Balaban J connectivity index is 3.09. The molecule has 1 heteroatoms. The third-order valence-corrected chi connectivity index (χ3v) is 4.41. The third kappa shape index (κ3) is 4.19. The molecule has 0 radical (unpaired) electrons. The molecule has 0 aliphatic heterocycles. The van der Waals surface area contributed by atoms with Crippen molar-refractivity contribution in [3.8, 4) is 0 Å². The van der Waals surface area contributed by atoms with Gasteiger partial charge in [0.1, 0.15) is 5.78 Å². The second-order valence-electron chi connectivity index (χ2n) is 6.95. The van der Waals surface area contributed by atoms with Crippen LogP contribution in [-0.4, -0.2) is 5.78 Å². The number of rotatable bonds is 7. The van der Waals surface area contributed by atoms with E-state index in [1.807, 2.05) is 20.8 Å². The number of benzene rings is 1. The lowest BCUT2D eigenvalue weighted by molar-refractivity contribution is -0.127. The molecule has 0 saturated heterocycles. The lowest BCUT2D eigenvalue weighted by atomic mass is 9.68. The molecule has 1 aromatic carbocycles. The fourth-order valence-corrected chi connectivity index (χ4v) is 2.72. The Hall–Kier alpha value is -1.11. The lowest BCUT2D eigenvalue weighted by Crippen LogP contribution is -2.33. The zero-order valence-corrected chi connectivity index (χ0v) is 13.8. The second-order valence-corrected chi connectivity index (χ2v) is 6.95. The Labute approximate surface area is 124 Å². The highest BCUT2D eigenvalue weighted by Crippen LogP contribution is 2.39. The standard InChI is InChI=1S/C19H30O/c1-6-8-14-19(7-2,15-17(20)18(3,4)5)16-12-10-9-11-13-16/h9-13H,6-8,14-15H2,1-5H3. The number of Topliss-reactive ketones (excluding diaryl/α,β-unsaturated/α-hetero) is 1. The topological polar surface area (TPSA) is 17.1 Å². The number of hydrogen-bond donors (Lipinski definition) is 0. The smallest absolute Gasteiger partial charge is 0.139 e. The van der Waals surface area contributed by atoms with Crippen LogP contribution in [0.25, 0.3) is 0 Å². The van der Waals surface area contributed by atoms with Crippen LogP contribution >= 0.6 is 0 Å². The van der Waals surface area contributed by atoms with E-state index in [4.69, 9.17) is 0 Å². The molecule has 1 unspecified atom stereocenters. The van der Waals surface area contributed by atoms with Crippen molar-refractivity contribution >= 4 is 5.78 Å². The maximum absolute atomic E-state index is 12.6. The molecule has 0 N–H and O–H groups in total. The van der Waals surface area contributed by atoms with E-state index in [2.05, 4.69) is 44.2 Å². The third-order valence-electron chi connectivity index (χ3n) is 4.41. The zero-order valence-electron chi connectivity index (χ0n) is 13.8. The van der Waals surface area contributed by atoms with Crippen molar-refractivity contribution in [3.05, 3.63) is 35.9 Å². The number of unbranched alkanes of at least 4 members (excludes halogenated alkanes) is 1. The van der Waals surface area contributed by atoms with Crippen LogP contribution in [0.15, 0.2) is 30.3 Å². The summed E-state index contributed by atoms with van der Waals surface area (Å²) in [6.07, 6.45) is 5.15. The Morgan fingerprint density at radius 1 is 1.05 bits per heavy atom. The molecular weight excluding hydrogens is 244 g/mol. The van der Waals surface area contributed by atoms with Gasteiger partial charge in [0.25, 0.3) is 0 Å². The molecule has 0 aliphatic carbocycles. The summed E-state index contributed by atoms with van der Waals surface area (Å²) in [4.78, 5) is 12.6. The largest absolute Gasteiger partial charge is 0.299 e. The number of carbonyl (C=O) groups excluding carboxylic acids is 1. The summed E-state index contributed by atoms with van der Waals surface area (Å²) >= 11 is 0. The quantitative estimate of drug-likeness (QED) is 0.639. The summed E-state index contributed by atoms with van der Waals surface area (Å²) < 4.78 is 0. The van der Waals surface area contributed by atoms with Gasteiger partial charge < -0.3 is 0 Å². The fraction of sp³-hybridized carbons (Fsp3) is 0.632. The van der Waals surface area contributed by atoms with E-state index >= 15 is 0 Å². The normalized spacial score (nSPS) is 14.8. The van der Waals surface area contributed by atoms with Crippen LogP contribution < -0.4 is 0 Å². The molecule has 0 heterocycles. The van der Waals surface area contributed by atoms with E-state index in [-0.39, 0.29) is 10.8 Å². The van der Waals surface area contributed by atoms with Gasteiger partial charge in [-0.05, 0) is 18.4 Å². The molecule has 0 aliphatic rings. The lowest BCUT2D eigenvalue weighted by Gasteiger charge is -2.35. The highest BCUT2D eigenvalue weighted by atomic mass is 16.1. The van der Waals surface area contributed by atoms with E-state index in [9.17, 15) is 4.79 Å². The van der Waals surface area contributed by atoms with Crippen LogP contribution in [0, 0.1) is 5.41 Å². The van der Waals surface area contributed by atoms with E-state index < -0.39 is 0 Å². The van der Waals surface area contributed by atoms with Gasteiger partial charge in [-0.3, -0.25) is 4.79 Å². The van der Waals surface area contributed by atoms with E-state index in [0.29, 0.717) is 12.2 Å². The van der Waals surface area contributed by atoms with Crippen molar-refractivity contribution in [2.24, 2.45) is 5.41 Å². The number of ketones is 1. The monoisotopic (exact) mass is 274 g/mol. The molecule has 0 spiro atoms. The fourth-order valence-electron chi connectivity index (χ4n) is 2.72. The Bertz CT molecular complexity index is 413. The molecule has 0 bridgehead atoms. The van der Waals surface area contributed by atoms with Crippen LogP contribution in [-0.2, 0) is 10.2 Å². The number of carbonyl (C=O) groups is 1. The van der Waals surface area contributed by atoms with Gasteiger partial charge >= 0.3 is 0 Å². The molecule has 1 rings (SSSR count). The molecule has 0 fully saturated rings. The van der Waals surface area contributed by atoms with Crippen LogP contribution in [0.3, 0.4) is 0 Å². The predicted octanol–water partition coefficient (Wildman–Crippen LogP) is 5.53. The predicted molar refractivity (Wildman–Crippen MR) is 87.0 cm³/mol. The van der Waals surface area contributed by atoms with Crippen molar-refractivity contribution in [1.82, 2.24) is 0 Å². The van der Waals surface area contributed by atoms with Gasteiger partial charge in [0, 0.05) is 17.3 Å². The van der Waals surface area contributed by atoms with E-state index in [1.165, 1.54) is 18.4 Å². The minimum Gasteiger partial charge on any atom is -0.299 e. The first-order chi connectivity index (χ1) is 9.35. The van der Waals surface area contributed by atoms with E-state index in [1.54, 1.807) is 0 Å². The van der Waals surface area contributed by atoms with Crippen molar-refractivity contribution in [3.63, 3.8) is 0 Å². The SMILES string of the molecule is CCCCC(CC)(CC(=O)C(C)(C)C)c1ccccc1. The Kier molecular flexibility index (Phi) is 5.98. The van der Waals surface area contributed by atoms with Gasteiger partial charge in [0.05, 0.1) is 0 Å². The van der Waals surface area contributed by atoms with Crippen LogP contribution in [0.5, 0.6) is 0 Å². The van der Waals surface area contributed by atoms with Crippen LogP contribution in [0.4, 0.5) is 0 Å². The first-order valence-corrected chi connectivity index (χ1v) is 7.94. The summed E-state index contributed by atoms with van der Waals surface area (Å²) in [5.41, 5.74) is 1.09. The van der Waals surface area contributed by atoms with Gasteiger partial charge in [0.2, 0.25) is 0 Å². The van der Waals surface area contributed by atoms with Crippen molar-refractivity contribution in [1.29, 1.82) is 0 Å². The van der Waals surface area contributed by atoms with Gasteiger partial charge in [-0.15, -0.1) is 0 Å². The number of hydrogen-bond acceptors (Lipinski definition) is 1. The van der Waals surface area contributed by atoms with Gasteiger partial charge in [-0.2, -0.15) is 0 Å². The van der Waals surface area contributed by atoms with Gasteiger partial charge in [-0.25, -0.2) is 0 Å². The average Bonchev–Trinajstić information content (AvgIpc) is 2.43. The minimum atomic E-state index is -0.249. The van der Waals surface area contributed by atoms with Crippen molar-refractivity contribution in [2.45, 2.75) is 72.1 Å². The zero-order chi connectivity index (χ0) is 15.2. The first-order valence-electron chi connectivity index (χ1n) is 7.94. The maximum Gasteiger partial charge on any atom is 0.139 e. The highest BCUT2D eigenvalue weighted by molar-refractivity contribution is 5.85. The van der Waals surface area contributed by atoms with Gasteiger partial charge in [0.15, 0.2) is 0 Å². The van der Waals surface area contributed by atoms with Crippen molar-refractivity contribution in [2.75, 3.05) is 0 Å². The summed E-state index contributed by atoms with van der Waals surface area (Å²) in [5, 5.41) is 0. The molecular formula is C19H30O. The minimum absolute atomic E-state index is 0.0155. The Morgan fingerprint density at radius 2 is 1.65 bits per heavy atom. The van der Waals surface area contributed by atoms with Gasteiger partial charge in [-0.1, -0.05) is 77.8 Å². The highest BCUT2D eigenvalue weighted by Gasteiger charge is 2.35. The average molecular weight is 274 g/mol. The summed E-state index contributed by atoms with van der Waals surface area (Å²) in [6.45, 7) is 10.5. The molecule has 0 aromatic heterocycles. The maximum atomic E-state index is 12.6.